The predicted molar refractivity (Wildman–Crippen MR) is 125 cm³/mol. The summed E-state index contributed by atoms with van der Waals surface area (Å²) in [7, 11) is 0. The third-order valence-electron chi connectivity index (χ3n) is 5.62. The van der Waals surface area contributed by atoms with Gasteiger partial charge < -0.3 is 26.2 Å². The molecular formula is C23H24N6O4S. The molecule has 34 heavy (non-hydrogen) atoms. The second-order valence-corrected chi connectivity index (χ2v) is 9.01. The van der Waals surface area contributed by atoms with Gasteiger partial charge in [-0.05, 0) is 24.0 Å². The van der Waals surface area contributed by atoms with Crippen LogP contribution in [0, 0.1) is 22.7 Å². The van der Waals surface area contributed by atoms with E-state index >= 15 is 0 Å². The number of nitrogens with two attached hydrogens (primary N) is 1. The van der Waals surface area contributed by atoms with Gasteiger partial charge >= 0.3 is 6.09 Å². The first-order valence-corrected chi connectivity index (χ1v) is 11.4. The highest BCUT2D eigenvalue weighted by atomic mass is 32.2. The smallest absolute Gasteiger partial charge is 0.404 e. The van der Waals surface area contributed by atoms with Crippen LogP contribution in [0.25, 0.3) is 0 Å². The van der Waals surface area contributed by atoms with E-state index in [0.717, 1.165) is 11.8 Å². The molecule has 2 heterocycles. The molecule has 5 N–H and O–H groups in total. The molecule has 0 aliphatic carbocycles. The van der Waals surface area contributed by atoms with Gasteiger partial charge in [0.2, 0.25) is 5.91 Å². The van der Waals surface area contributed by atoms with Gasteiger partial charge in [-0.2, -0.15) is 10.5 Å². The second-order valence-electron chi connectivity index (χ2n) is 7.91. The third-order valence-corrected chi connectivity index (χ3v) is 6.88. The van der Waals surface area contributed by atoms with E-state index < -0.39 is 22.9 Å². The molecule has 1 saturated heterocycles. The molecule has 2 aromatic rings. The Hall–Kier alpha value is -3.80. The maximum atomic E-state index is 12.3. The van der Waals surface area contributed by atoms with E-state index in [1.807, 2.05) is 13.0 Å². The summed E-state index contributed by atoms with van der Waals surface area (Å²) in [5.74, 6) is -0.315. The number of primary amides is 1. The minimum absolute atomic E-state index is 0.0477. The van der Waals surface area contributed by atoms with Gasteiger partial charge in [0.25, 0.3) is 0 Å². The van der Waals surface area contributed by atoms with Crippen LogP contribution < -0.4 is 16.0 Å². The number of hydrogen-bond acceptors (Lipinski definition) is 8. The highest BCUT2D eigenvalue weighted by molar-refractivity contribution is 8.00. The predicted octanol–water partition coefficient (Wildman–Crippen LogP) is 1.91. The summed E-state index contributed by atoms with van der Waals surface area (Å²) in [5.41, 5.74) is 5.91. The van der Waals surface area contributed by atoms with Crippen LogP contribution in [0.5, 0.6) is 0 Å². The first kappa shape index (κ1) is 24.8. The number of nitrogens with one attached hydrogen (secondary N) is 1. The van der Waals surface area contributed by atoms with Crippen molar-refractivity contribution in [2.24, 2.45) is 5.73 Å². The Kier molecular flexibility index (Phi) is 7.61. The average Bonchev–Trinajstić information content (AvgIpc) is 3.22. The highest BCUT2D eigenvalue weighted by Crippen LogP contribution is 2.40. The van der Waals surface area contributed by atoms with E-state index in [1.165, 1.54) is 0 Å². The van der Waals surface area contributed by atoms with Crippen molar-refractivity contribution in [3.8, 4) is 12.1 Å². The molecule has 3 rings (SSSR count). The van der Waals surface area contributed by atoms with Crippen LogP contribution in [0.4, 0.5) is 10.6 Å². The summed E-state index contributed by atoms with van der Waals surface area (Å²) < 4.78 is 0. The summed E-state index contributed by atoms with van der Waals surface area (Å²) in [6, 6.07) is 13.1. The molecule has 176 valence electrons. The van der Waals surface area contributed by atoms with E-state index in [2.05, 4.69) is 22.4 Å². The Balaban J connectivity index is 2.06. The lowest BCUT2D eigenvalue weighted by atomic mass is 10.0. The minimum Gasteiger partial charge on any atom is -0.465 e. The number of aromatic nitrogens is 1. The second kappa shape index (κ2) is 10.4. The van der Waals surface area contributed by atoms with E-state index in [-0.39, 0.29) is 41.5 Å². The summed E-state index contributed by atoms with van der Waals surface area (Å²) in [5, 5.41) is 41.1. The van der Waals surface area contributed by atoms with Crippen LogP contribution in [0.1, 0.15) is 40.8 Å². The Morgan fingerprint density at radius 2 is 1.97 bits per heavy atom. The number of rotatable bonds is 8. The molecule has 2 unspecified atom stereocenters. The van der Waals surface area contributed by atoms with Crippen LogP contribution >= 0.6 is 11.8 Å². The van der Waals surface area contributed by atoms with Gasteiger partial charge in [-0.25, -0.2) is 9.78 Å². The number of hydrogen-bond donors (Lipinski definition) is 4. The molecule has 0 saturated carbocycles. The van der Waals surface area contributed by atoms with Crippen LogP contribution in [-0.4, -0.2) is 52.4 Å². The first-order chi connectivity index (χ1) is 16.2. The van der Waals surface area contributed by atoms with Gasteiger partial charge in [0.15, 0.2) is 0 Å². The number of thioether (sulfide) groups is 1. The number of nitrogens with zero attached hydrogens (tertiary/aromatic N) is 4. The van der Waals surface area contributed by atoms with E-state index in [4.69, 9.17) is 10.8 Å². The fourth-order valence-corrected chi connectivity index (χ4v) is 5.01. The number of aliphatic hydroxyl groups is 1. The molecule has 0 bridgehead atoms. The van der Waals surface area contributed by atoms with Gasteiger partial charge in [0, 0.05) is 13.1 Å². The number of anilines is 1. The SMILES string of the molecule is CCc1c(C#N)c(SC(C(N)=O)c2ccccc2)nc(N2CCC(O)(CNC(=O)O)C2)c1C#N. The van der Waals surface area contributed by atoms with E-state index in [1.54, 1.807) is 29.2 Å². The molecule has 1 aromatic carbocycles. The molecule has 0 radical (unpaired) electrons. The number of carbonyl (C=O) groups is 2. The molecule has 0 spiro atoms. The largest absolute Gasteiger partial charge is 0.465 e. The molecule has 1 aliphatic rings. The maximum absolute atomic E-state index is 12.3. The molecule has 10 nitrogen and oxygen atoms in total. The minimum atomic E-state index is -1.33. The third kappa shape index (κ3) is 5.22. The highest BCUT2D eigenvalue weighted by Gasteiger charge is 2.39. The number of carboxylic acid groups (broad SMARTS) is 1. The summed E-state index contributed by atoms with van der Waals surface area (Å²) in [6.45, 7) is 2.02. The topological polar surface area (TPSA) is 176 Å². The first-order valence-electron chi connectivity index (χ1n) is 10.5. The van der Waals surface area contributed by atoms with Crippen LogP contribution in [-0.2, 0) is 11.2 Å². The van der Waals surface area contributed by atoms with E-state index in [9.17, 15) is 25.2 Å². The summed E-state index contributed by atoms with van der Waals surface area (Å²) >= 11 is 1.04. The summed E-state index contributed by atoms with van der Waals surface area (Å²) in [6.07, 6.45) is -0.607. The number of benzene rings is 1. The number of pyridine rings is 1. The van der Waals surface area contributed by atoms with Crippen molar-refractivity contribution in [2.75, 3.05) is 24.5 Å². The zero-order valence-electron chi connectivity index (χ0n) is 18.5. The number of carbonyl (C=O) groups excluding carboxylic acids is 1. The Bertz CT molecular complexity index is 1180. The lowest BCUT2D eigenvalue weighted by Gasteiger charge is -2.25. The van der Waals surface area contributed by atoms with Crippen molar-refractivity contribution in [2.45, 2.75) is 35.6 Å². The lowest BCUT2D eigenvalue weighted by Crippen LogP contribution is -2.44. The fraction of sp³-hybridized carbons (Fsp3) is 0.348. The molecular weight excluding hydrogens is 456 g/mol. The number of nitriles is 2. The van der Waals surface area contributed by atoms with Gasteiger partial charge in [0.05, 0.1) is 17.7 Å². The molecule has 2 atom stereocenters. The van der Waals surface area contributed by atoms with Crippen molar-refractivity contribution in [3.05, 3.63) is 52.6 Å². The summed E-state index contributed by atoms with van der Waals surface area (Å²) in [4.78, 5) is 29.4. The van der Waals surface area contributed by atoms with E-state index in [0.29, 0.717) is 24.1 Å². The van der Waals surface area contributed by atoms with Gasteiger partial charge in [0.1, 0.15) is 33.8 Å². The van der Waals surface area contributed by atoms with Crippen molar-refractivity contribution in [1.29, 1.82) is 10.5 Å². The molecule has 11 heteroatoms. The Morgan fingerprint density at radius 1 is 1.29 bits per heavy atom. The quantitative estimate of drug-likeness (QED) is 0.411. The van der Waals surface area contributed by atoms with Crippen molar-refractivity contribution < 1.29 is 19.8 Å². The Labute approximate surface area is 201 Å². The maximum Gasteiger partial charge on any atom is 0.404 e. The molecule has 1 aromatic heterocycles. The van der Waals surface area contributed by atoms with Crippen LogP contribution in [0.15, 0.2) is 35.4 Å². The normalized spacial score (nSPS) is 18.1. The van der Waals surface area contributed by atoms with Gasteiger partial charge in [-0.15, -0.1) is 0 Å². The molecule has 2 amide bonds. The van der Waals surface area contributed by atoms with Gasteiger partial charge in [-0.3, -0.25) is 4.79 Å². The standard InChI is InChI=1S/C23H24N6O4S/c1-2-15-16(10-24)20(29-9-8-23(33,13-29)12-27-22(31)32)28-21(17(15)11-25)34-18(19(26)30)14-6-4-3-5-7-14/h3-7,18,27,33H,2,8-9,12-13H2,1H3,(H2,26,30)(H,31,32). The van der Waals surface area contributed by atoms with Crippen LogP contribution in [0.3, 0.4) is 0 Å². The Morgan fingerprint density at radius 3 is 2.53 bits per heavy atom. The van der Waals surface area contributed by atoms with Crippen molar-refractivity contribution in [3.63, 3.8) is 0 Å². The average molecular weight is 481 g/mol. The molecule has 1 fully saturated rings. The number of β-amino-alcohol motifs (C(OH)–C–C–N with tert-alkyl or cyclic N) is 1. The zero-order valence-corrected chi connectivity index (χ0v) is 19.3. The van der Waals surface area contributed by atoms with Crippen molar-refractivity contribution >= 4 is 29.6 Å². The zero-order chi connectivity index (χ0) is 24.9. The number of amides is 2. The molecule has 1 aliphatic heterocycles. The van der Waals surface area contributed by atoms with Gasteiger partial charge in [-0.1, -0.05) is 49.0 Å². The monoisotopic (exact) mass is 480 g/mol. The van der Waals surface area contributed by atoms with Crippen molar-refractivity contribution in [1.82, 2.24) is 10.3 Å². The van der Waals surface area contributed by atoms with Crippen LogP contribution in [0.2, 0.25) is 0 Å². The lowest BCUT2D eigenvalue weighted by molar-refractivity contribution is -0.117. The fourth-order valence-electron chi connectivity index (χ4n) is 3.95.